The maximum Gasteiger partial charge on any atom is 0.407 e. The molecule has 0 aromatic heterocycles. The summed E-state index contributed by atoms with van der Waals surface area (Å²) in [7, 11) is 0. The van der Waals surface area contributed by atoms with Gasteiger partial charge >= 0.3 is 24.1 Å². The molecule has 26 heteroatoms. The lowest BCUT2D eigenvalue weighted by Gasteiger charge is -2.27. The first kappa shape index (κ1) is 60.3. The normalized spacial score (nSPS) is 17.8. The Kier molecular flexibility index (Phi) is 21.0. The molecule has 5 amide bonds. The van der Waals surface area contributed by atoms with Crippen LogP contribution in [-0.4, -0.2) is 135 Å². The van der Waals surface area contributed by atoms with Gasteiger partial charge in [-0.2, -0.15) is 0 Å². The van der Waals surface area contributed by atoms with Crippen LogP contribution in [0.15, 0.2) is 42.5 Å². The minimum Gasteiger partial charge on any atom is -0.485 e. The fourth-order valence-electron chi connectivity index (χ4n) is 7.65. The van der Waals surface area contributed by atoms with Crippen molar-refractivity contribution in [1.82, 2.24) is 25.8 Å². The van der Waals surface area contributed by atoms with Gasteiger partial charge in [0.15, 0.2) is 45.5 Å². The second kappa shape index (κ2) is 26.5. The van der Waals surface area contributed by atoms with Gasteiger partial charge in [-0.05, 0) is 102 Å². The Hall–Kier alpha value is -6.57. The highest BCUT2D eigenvalue weighted by Gasteiger charge is 2.38. The standard InChI is InChI=1S/C31H36F3N3O8S.C19H23F3N2O5S/c1-5-42-29(40)25-16-43-24-10-17(6-7-23(24)44-25)15-35-27(39)28-37(8-9-46-28)26(38)13-19(36-30(41)45-31(2,3)4)11-18-12-21(33)22(34)14-20(18)32;1-19(2,3)29-18(28)23-11(6-10-7-13(21)14(22)9-12(10)20)8-15(25)24-4-5-30-16(24)17(26)27/h6-7,10,12,14,19,25,28H,5,8-9,11,13,15-16H2,1-4H3,(H,35,39)(H,36,41);7,9,11,16H,4-6,8H2,1-3H3,(H,23,28)(H,26,27)/t19-,25?,28?;11-,16?/m11/s1. The molecule has 0 spiro atoms. The van der Waals surface area contributed by atoms with E-state index in [1.165, 1.54) is 16.7 Å². The molecule has 2 saturated heterocycles. The lowest BCUT2D eigenvalue weighted by atomic mass is 10.0. The zero-order valence-corrected chi connectivity index (χ0v) is 44.2. The first-order valence-electron chi connectivity index (χ1n) is 23.8. The number of nitrogens with one attached hydrogen (secondary N) is 3. The third-order valence-corrected chi connectivity index (χ3v) is 13.3. The smallest absolute Gasteiger partial charge is 0.407 e. The first-order chi connectivity index (χ1) is 35.6. The van der Waals surface area contributed by atoms with E-state index < -0.39 is 117 Å². The van der Waals surface area contributed by atoms with Crippen molar-refractivity contribution in [1.29, 1.82) is 0 Å². The van der Waals surface area contributed by atoms with Gasteiger partial charge in [0.1, 0.15) is 29.4 Å². The van der Waals surface area contributed by atoms with Crippen molar-refractivity contribution in [3.63, 3.8) is 0 Å². The highest BCUT2D eigenvalue weighted by atomic mass is 32.2. The number of carboxylic acid groups (broad SMARTS) is 1. The number of nitrogens with zero attached hydrogens (tertiary/aromatic N) is 2. The number of carbonyl (C=O) groups is 7. The van der Waals surface area contributed by atoms with Gasteiger partial charge in [-0.25, -0.2) is 45.5 Å². The first-order valence-corrected chi connectivity index (χ1v) is 25.9. The quantitative estimate of drug-likeness (QED) is 0.0503. The van der Waals surface area contributed by atoms with Crippen LogP contribution in [-0.2, 0) is 57.6 Å². The van der Waals surface area contributed by atoms with Gasteiger partial charge in [0.2, 0.25) is 17.9 Å². The summed E-state index contributed by atoms with van der Waals surface area (Å²) in [5.74, 6) is -8.87. The topological polar surface area (TPSA) is 228 Å². The molecular weight excluding hydrogens is 1060 g/mol. The summed E-state index contributed by atoms with van der Waals surface area (Å²) < 4.78 is 109. The molecule has 0 aliphatic carbocycles. The van der Waals surface area contributed by atoms with Gasteiger partial charge in [0, 0.05) is 68.2 Å². The van der Waals surface area contributed by atoms with Crippen LogP contribution >= 0.6 is 23.5 Å². The van der Waals surface area contributed by atoms with E-state index in [2.05, 4.69) is 16.0 Å². The summed E-state index contributed by atoms with van der Waals surface area (Å²) in [5.41, 5.74) is -1.52. The number of benzene rings is 3. The van der Waals surface area contributed by atoms with E-state index >= 15 is 0 Å². The Morgan fingerprint density at radius 2 is 1.16 bits per heavy atom. The fraction of sp³-hybridized carbons (Fsp3) is 0.500. The molecule has 0 bridgehead atoms. The van der Waals surface area contributed by atoms with Crippen molar-refractivity contribution in [2.75, 3.05) is 37.8 Å². The summed E-state index contributed by atoms with van der Waals surface area (Å²) in [6.07, 6.45) is -4.04. The van der Waals surface area contributed by atoms with Crippen LogP contribution in [0.3, 0.4) is 0 Å². The predicted octanol–water partition coefficient (Wildman–Crippen LogP) is 6.77. The molecule has 3 aliphatic rings. The molecule has 0 radical (unpaired) electrons. The molecule has 3 aliphatic heterocycles. The zero-order chi connectivity index (χ0) is 56.2. The lowest BCUT2D eigenvalue weighted by molar-refractivity contribution is -0.154. The molecule has 2 fully saturated rings. The van der Waals surface area contributed by atoms with Crippen LogP contribution in [0.5, 0.6) is 11.5 Å². The largest absolute Gasteiger partial charge is 0.485 e. The van der Waals surface area contributed by atoms with Gasteiger partial charge in [-0.1, -0.05) is 6.07 Å². The maximum absolute atomic E-state index is 14.5. The molecule has 0 saturated carbocycles. The molecule has 18 nitrogen and oxygen atoms in total. The van der Waals surface area contributed by atoms with E-state index in [1.807, 2.05) is 0 Å². The Balaban J connectivity index is 0.000000308. The van der Waals surface area contributed by atoms with Crippen molar-refractivity contribution in [2.24, 2.45) is 0 Å². The number of amides is 5. The second-order valence-corrected chi connectivity index (χ2v) is 21.7. The number of hydrogen-bond donors (Lipinski definition) is 4. The van der Waals surface area contributed by atoms with E-state index in [0.717, 1.165) is 16.7 Å². The van der Waals surface area contributed by atoms with Crippen molar-refractivity contribution >= 4 is 65.4 Å². The van der Waals surface area contributed by atoms with Crippen molar-refractivity contribution in [3.05, 3.63) is 94.1 Å². The number of halogens is 6. The molecule has 76 heavy (non-hydrogen) atoms. The summed E-state index contributed by atoms with van der Waals surface area (Å²) in [5, 5.41) is 15.1. The van der Waals surface area contributed by atoms with E-state index in [0.29, 0.717) is 52.8 Å². The van der Waals surface area contributed by atoms with E-state index in [-0.39, 0.29) is 69.7 Å². The SMILES string of the molecule is CC(C)(C)OC(=O)N[C@@H](CC(=O)N1CCSC1C(=O)O)Cc1cc(F)c(F)cc1F.CCOC(=O)C1COc2cc(CNC(=O)C3SCCN3C(=O)C[C@@H](Cc3cc(F)c(F)cc3F)NC(=O)OC(C)(C)C)ccc2O1. The van der Waals surface area contributed by atoms with Crippen LogP contribution in [0.4, 0.5) is 35.9 Å². The van der Waals surface area contributed by atoms with Gasteiger partial charge in [0.25, 0.3) is 5.91 Å². The second-order valence-electron chi connectivity index (χ2n) is 19.3. The number of hydrogen-bond acceptors (Lipinski definition) is 14. The van der Waals surface area contributed by atoms with E-state index in [1.54, 1.807) is 66.7 Å². The number of carbonyl (C=O) groups excluding carboxylic acids is 6. The van der Waals surface area contributed by atoms with E-state index in [9.17, 15) is 65.0 Å². The summed E-state index contributed by atoms with van der Waals surface area (Å²) in [6, 6.07) is 5.02. The molecule has 6 rings (SSSR count). The van der Waals surface area contributed by atoms with Crippen LogP contribution in [0.1, 0.15) is 78.0 Å². The van der Waals surface area contributed by atoms with Gasteiger partial charge in [0.05, 0.1) is 6.61 Å². The molecule has 3 aromatic carbocycles. The molecule has 416 valence electrons. The average molecular weight is 1120 g/mol. The third-order valence-electron chi connectivity index (χ3n) is 10.9. The van der Waals surface area contributed by atoms with Gasteiger partial charge in [-0.3, -0.25) is 14.4 Å². The zero-order valence-electron chi connectivity index (χ0n) is 42.5. The number of thioether (sulfide) groups is 2. The van der Waals surface area contributed by atoms with Crippen LogP contribution in [0, 0.1) is 34.9 Å². The molecule has 3 unspecified atom stereocenters. The Bertz CT molecular complexity index is 2640. The fourth-order valence-corrected chi connectivity index (χ4v) is 9.88. The molecular formula is C50H59F6N5O13S2. The van der Waals surface area contributed by atoms with Crippen LogP contribution < -0.4 is 25.4 Å². The van der Waals surface area contributed by atoms with Crippen LogP contribution in [0.2, 0.25) is 0 Å². The summed E-state index contributed by atoms with van der Waals surface area (Å²) in [6.45, 7) is 12.2. The minimum absolute atomic E-state index is 0.0239. The minimum atomic E-state index is -1.36. The molecule has 3 heterocycles. The van der Waals surface area contributed by atoms with E-state index in [4.69, 9.17) is 23.7 Å². The number of ether oxygens (including phenoxy) is 5. The summed E-state index contributed by atoms with van der Waals surface area (Å²) >= 11 is 2.34. The average Bonchev–Trinajstić information content (AvgIpc) is 4.03. The van der Waals surface area contributed by atoms with Crippen molar-refractivity contribution < 1.29 is 88.7 Å². The number of fused-ring (bicyclic) bond motifs is 1. The van der Waals surface area contributed by atoms with Crippen molar-refractivity contribution in [3.8, 4) is 11.5 Å². The highest BCUT2D eigenvalue weighted by Crippen LogP contribution is 2.34. The molecule has 5 atom stereocenters. The summed E-state index contributed by atoms with van der Waals surface area (Å²) in [4.78, 5) is 89.7. The number of alkyl carbamates (subject to hydrolysis) is 2. The Labute approximate surface area is 442 Å². The Morgan fingerprint density at radius 1 is 0.684 bits per heavy atom. The predicted molar refractivity (Wildman–Crippen MR) is 264 cm³/mol. The molecule has 3 aromatic rings. The van der Waals surface area contributed by atoms with Crippen molar-refractivity contribution in [2.45, 2.75) is 121 Å². The van der Waals surface area contributed by atoms with Gasteiger partial charge < -0.3 is 54.5 Å². The van der Waals surface area contributed by atoms with Crippen LogP contribution in [0.25, 0.3) is 0 Å². The van der Waals surface area contributed by atoms with Gasteiger partial charge in [-0.15, -0.1) is 23.5 Å². The number of aliphatic carboxylic acids is 1. The molecule has 4 N–H and O–H groups in total. The lowest BCUT2D eigenvalue weighted by Crippen LogP contribution is -2.48. The number of rotatable bonds is 16. The number of esters is 1. The number of carboxylic acids is 1. The Morgan fingerprint density at radius 3 is 1.63 bits per heavy atom. The third kappa shape index (κ3) is 17.8. The highest BCUT2D eigenvalue weighted by molar-refractivity contribution is 8.01. The maximum atomic E-state index is 14.5. The monoisotopic (exact) mass is 1120 g/mol.